The van der Waals surface area contributed by atoms with Crippen LogP contribution in [0.1, 0.15) is 12.6 Å². The molecule has 4 aromatic rings. The van der Waals surface area contributed by atoms with Crippen molar-refractivity contribution in [3.05, 3.63) is 83.8 Å². The average Bonchev–Trinajstić information content (AvgIpc) is 3.22. The second kappa shape index (κ2) is 10.2. The molecule has 0 saturated carbocycles. The lowest BCUT2D eigenvalue weighted by Gasteiger charge is -2.11. The Morgan fingerprint density at radius 1 is 1.09 bits per heavy atom. The van der Waals surface area contributed by atoms with Crippen LogP contribution < -0.4 is 14.8 Å². The van der Waals surface area contributed by atoms with Crippen molar-refractivity contribution in [3.63, 3.8) is 0 Å². The van der Waals surface area contributed by atoms with E-state index in [-0.39, 0.29) is 28.3 Å². The van der Waals surface area contributed by atoms with Gasteiger partial charge in [0.15, 0.2) is 10.3 Å². The third kappa shape index (κ3) is 5.71. The number of carbonyl (C=O) groups is 1. The maximum atomic E-state index is 12.8. The highest BCUT2D eigenvalue weighted by atomic mass is 35.5. The zero-order valence-corrected chi connectivity index (χ0v) is 20.2. The summed E-state index contributed by atoms with van der Waals surface area (Å²) in [6.07, 6.45) is 1.51. The number of para-hydroxylation sites is 1. The highest BCUT2D eigenvalue weighted by molar-refractivity contribution is 7.92. The number of aromatic nitrogens is 2. The summed E-state index contributed by atoms with van der Waals surface area (Å²) >= 11 is 7.42. The number of thiazole rings is 1. The highest BCUT2D eigenvalue weighted by Gasteiger charge is 2.20. The van der Waals surface area contributed by atoms with Gasteiger partial charge in [-0.1, -0.05) is 59.3 Å². The summed E-state index contributed by atoms with van der Waals surface area (Å²) in [5.41, 5.74) is 1.24. The van der Waals surface area contributed by atoms with Gasteiger partial charge in [-0.2, -0.15) is 0 Å². The minimum Gasteiger partial charge on any atom is -0.487 e. The van der Waals surface area contributed by atoms with Crippen LogP contribution >= 0.6 is 22.9 Å². The standard InChI is InChI=1S/C23H19ClN4O4S2/c1-15(29)26-23-27-20(14-32-17-8-4-2-5-9-17)21(33-23)16-12-19(22(24)25-13-16)28-34(30,31)18-10-6-3-7-11-18/h2-13,28H,14H2,1H3,(H,26,27,29). The van der Waals surface area contributed by atoms with E-state index in [1.807, 2.05) is 30.3 Å². The van der Waals surface area contributed by atoms with Crippen LogP contribution in [0.15, 0.2) is 77.8 Å². The number of hydrogen-bond acceptors (Lipinski definition) is 7. The molecule has 0 atom stereocenters. The molecule has 0 aliphatic carbocycles. The number of sulfonamides is 1. The number of pyridine rings is 1. The van der Waals surface area contributed by atoms with Crippen LogP contribution in [0.3, 0.4) is 0 Å². The molecule has 174 valence electrons. The van der Waals surface area contributed by atoms with Crippen molar-refractivity contribution in [2.75, 3.05) is 10.0 Å². The van der Waals surface area contributed by atoms with Crippen LogP contribution in [-0.4, -0.2) is 24.3 Å². The number of hydrogen-bond donors (Lipinski definition) is 2. The van der Waals surface area contributed by atoms with Crippen molar-refractivity contribution in [2.45, 2.75) is 18.4 Å². The fourth-order valence-corrected chi connectivity index (χ4v) is 5.28. The molecule has 0 radical (unpaired) electrons. The van der Waals surface area contributed by atoms with Gasteiger partial charge in [-0.15, -0.1) is 0 Å². The predicted octanol–water partition coefficient (Wildman–Crippen LogP) is 5.20. The second-order valence-electron chi connectivity index (χ2n) is 7.06. The Morgan fingerprint density at radius 3 is 2.44 bits per heavy atom. The summed E-state index contributed by atoms with van der Waals surface area (Å²) < 4.78 is 33.9. The number of halogens is 1. The normalized spacial score (nSPS) is 11.1. The van der Waals surface area contributed by atoms with Crippen LogP contribution in [0.4, 0.5) is 10.8 Å². The molecule has 11 heteroatoms. The molecule has 4 rings (SSSR count). The van der Waals surface area contributed by atoms with E-state index in [0.717, 1.165) is 0 Å². The van der Waals surface area contributed by atoms with Crippen LogP contribution in [0.2, 0.25) is 5.15 Å². The van der Waals surface area contributed by atoms with E-state index in [0.29, 0.717) is 27.0 Å². The van der Waals surface area contributed by atoms with Crippen LogP contribution in [-0.2, 0) is 21.4 Å². The third-order valence-corrected chi connectivity index (χ3v) is 7.24. The van der Waals surface area contributed by atoms with Gasteiger partial charge in [0.1, 0.15) is 12.4 Å². The summed E-state index contributed by atoms with van der Waals surface area (Å²) in [6.45, 7) is 1.52. The van der Waals surface area contributed by atoms with Crippen molar-refractivity contribution in [1.82, 2.24) is 9.97 Å². The van der Waals surface area contributed by atoms with Gasteiger partial charge >= 0.3 is 0 Å². The molecule has 0 aliphatic heterocycles. The third-order valence-electron chi connectivity index (χ3n) is 4.50. The first-order valence-corrected chi connectivity index (χ1v) is 12.7. The second-order valence-corrected chi connectivity index (χ2v) is 10.1. The molecule has 8 nitrogen and oxygen atoms in total. The Balaban J connectivity index is 1.67. The summed E-state index contributed by atoms with van der Waals surface area (Å²) in [4.78, 5) is 20.9. The van der Waals surface area contributed by atoms with Gasteiger partial charge in [0, 0.05) is 18.7 Å². The molecule has 0 fully saturated rings. The molecule has 0 saturated heterocycles. The number of amides is 1. The van der Waals surface area contributed by atoms with E-state index in [1.165, 1.54) is 36.6 Å². The Labute approximate surface area is 205 Å². The molecule has 0 unspecified atom stereocenters. The number of rotatable bonds is 8. The highest BCUT2D eigenvalue weighted by Crippen LogP contribution is 2.36. The fourth-order valence-electron chi connectivity index (χ4n) is 2.99. The molecule has 34 heavy (non-hydrogen) atoms. The molecule has 0 spiro atoms. The first-order valence-electron chi connectivity index (χ1n) is 10.0. The lowest BCUT2D eigenvalue weighted by Crippen LogP contribution is -2.13. The first-order chi connectivity index (χ1) is 16.3. The molecule has 0 bridgehead atoms. The van der Waals surface area contributed by atoms with Crippen molar-refractivity contribution < 1.29 is 17.9 Å². The number of ether oxygens (including phenoxy) is 1. The van der Waals surface area contributed by atoms with Crippen LogP contribution in [0.5, 0.6) is 5.75 Å². The predicted molar refractivity (Wildman–Crippen MR) is 133 cm³/mol. The molecule has 0 aliphatic rings. The summed E-state index contributed by atoms with van der Waals surface area (Å²) in [7, 11) is -3.87. The molecular formula is C23H19ClN4O4S2. The molecule has 2 aromatic heterocycles. The molecular weight excluding hydrogens is 496 g/mol. The van der Waals surface area contributed by atoms with E-state index in [1.54, 1.807) is 24.3 Å². The minimum absolute atomic E-state index is 0.00283. The molecule has 1 amide bonds. The lowest BCUT2D eigenvalue weighted by molar-refractivity contribution is -0.114. The van der Waals surface area contributed by atoms with Gasteiger partial charge in [0.05, 0.1) is 21.2 Å². The Kier molecular flexibility index (Phi) is 7.11. The lowest BCUT2D eigenvalue weighted by atomic mass is 10.2. The summed E-state index contributed by atoms with van der Waals surface area (Å²) in [5, 5.41) is 3.06. The number of benzene rings is 2. The molecule has 2 N–H and O–H groups in total. The van der Waals surface area contributed by atoms with Crippen molar-refractivity contribution >= 4 is 49.7 Å². The van der Waals surface area contributed by atoms with Gasteiger partial charge < -0.3 is 10.1 Å². The number of anilines is 2. The van der Waals surface area contributed by atoms with Gasteiger partial charge in [-0.05, 0) is 30.3 Å². The monoisotopic (exact) mass is 514 g/mol. The van der Waals surface area contributed by atoms with Crippen molar-refractivity contribution in [2.24, 2.45) is 0 Å². The largest absolute Gasteiger partial charge is 0.487 e. The van der Waals surface area contributed by atoms with Crippen molar-refractivity contribution in [3.8, 4) is 16.2 Å². The van der Waals surface area contributed by atoms with Gasteiger partial charge in [0.25, 0.3) is 10.0 Å². The van der Waals surface area contributed by atoms with Gasteiger partial charge in [-0.3, -0.25) is 9.52 Å². The Bertz CT molecular complexity index is 1410. The zero-order chi connectivity index (χ0) is 24.1. The smallest absolute Gasteiger partial charge is 0.261 e. The molecule has 2 aromatic carbocycles. The summed E-state index contributed by atoms with van der Waals surface area (Å²) in [5.74, 6) is 0.398. The summed E-state index contributed by atoms with van der Waals surface area (Å²) in [6, 6.07) is 18.8. The SMILES string of the molecule is CC(=O)Nc1nc(COc2ccccc2)c(-c2cnc(Cl)c(NS(=O)(=O)c3ccccc3)c2)s1. The Hall–Kier alpha value is -3.47. The van der Waals surface area contributed by atoms with E-state index in [4.69, 9.17) is 16.3 Å². The van der Waals surface area contributed by atoms with Crippen molar-refractivity contribution in [1.29, 1.82) is 0 Å². The van der Waals surface area contributed by atoms with E-state index in [2.05, 4.69) is 20.0 Å². The molecule has 2 heterocycles. The van der Waals surface area contributed by atoms with Gasteiger partial charge in [0.2, 0.25) is 5.91 Å². The maximum absolute atomic E-state index is 12.8. The average molecular weight is 515 g/mol. The zero-order valence-electron chi connectivity index (χ0n) is 17.9. The van der Waals surface area contributed by atoms with E-state index in [9.17, 15) is 13.2 Å². The topological polar surface area (TPSA) is 110 Å². The van der Waals surface area contributed by atoms with Crippen LogP contribution in [0, 0.1) is 0 Å². The number of nitrogens with one attached hydrogen (secondary N) is 2. The quantitative estimate of drug-likeness (QED) is 0.313. The number of carbonyl (C=O) groups excluding carboxylic acids is 1. The first kappa shape index (κ1) is 23.7. The van der Waals surface area contributed by atoms with E-state index < -0.39 is 10.0 Å². The maximum Gasteiger partial charge on any atom is 0.261 e. The minimum atomic E-state index is -3.87. The van der Waals surface area contributed by atoms with E-state index >= 15 is 0 Å². The number of nitrogens with zero attached hydrogens (tertiary/aromatic N) is 2. The fraction of sp³-hybridized carbons (Fsp3) is 0.0870. The van der Waals surface area contributed by atoms with Crippen LogP contribution in [0.25, 0.3) is 10.4 Å². The Morgan fingerprint density at radius 2 is 1.76 bits per heavy atom. The van der Waals surface area contributed by atoms with Gasteiger partial charge in [-0.25, -0.2) is 18.4 Å².